The van der Waals surface area contributed by atoms with Crippen LogP contribution in [0, 0.1) is 11.8 Å². The molecule has 26 heavy (non-hydrogen) atoms. The Kier molecular flexibility index (Phi) is 8.59. The highest BCUT2D eigenvalue weighted by atomic mass is 16.5. The van der Waals surface area contributed by atoms with Crippen molar-refractivity contribution >= 4 is 11.9 Å². The van der Waals surface area contributed by atoms with E-state index in [0.717, 1.165) is 51.4 Å². The van der Waals surface area contributed by atoms with Gasteiger partial charge in [-0.3, -0.25) is 9.59 Å². The lowest BCUT2D eigenvalue weighted by atomic mass is 9.83. The Morgan fingerprint density at radius 1 is 1.08 bits per heavy atom. The minimum atomic E-state index is -0.724. The van der Waals surface area contributed by atoms with Gasteiger partial charge in [0.2, 0.25) is 5.91 Å². The molecule has 0 aromatic carbocycles. The van der Waals surface area contributed by atoms with Gasteiger partial charge in [-0.2, -0.15) is 0 Å². The van der Waals surface area contributed by atoms with Crippen molar-refractivity contribution in [2.24, 2.45) is 11.8 Å². The van der Waals surface area contributed by atoms with Crippen molar-refractivity contribution in [3.05, 3.63) is 12.2 Å². The number of methoxy groups -OCH3 is 2. The van der Waals surface area contributed by atoms with Gasteiger partial charge >= 0.3 is 5.97 Å². The third-order valence-corrected chi connectivity index (χ3v) is 5.88. The Hall–Kier alpha value is -1.40. The van der Waals surface area contributed by atoms with Crippen LogP contribution in [-0.2, 0) is 19.1 Å². The number of hydrogen-bond donors (Lipinski definition) is 2. The molecule has 2 rings (SSSR count). The van der Waals surface area contributed by atoms with Crippen molar-refractivity contribution in [2.45, 2.75) is 76.0 Å². The van der Waals surface area contributed by atoms with Crippen LogP contribution in [0.2, 0.25) is 0 Å². The second-order valence-corrected chi connectivity index (χ2v) is 7.63. The van der Waals surface area contributed by atoms with Gasteiger partial charge in [-0.15, -0.1) is 0 Å². The summed E-state index contributed by atoms with van der Waals surface area (Å²) < 4.78 is 11.0. The van der Waals surface area contributed by atoms with E-state index in [0.29, 0.717) is 5.92 Å². The van der Waals surface area contributed by atoms with Gasteiger partial charge in [-0.05, 0) is 63.4 Å². The number of rotatable bonds is 8. The van der Waals surface area contributed by atoms with Gasteiger partial charge < -0.3 is 19.9 Å². The van der Waals surface area contributed by atoms with E-state index >= 15 is 0 Å². The minimum absolute atomic E-state index is 0.0478. The Bertz CT molecular complexity index is 485. The summed E-state index contributed by atoms with van der Waals surface area (Å²) in [6, 6.07) is 0.199. The summed E-state index contributed by atoms with van der Waals surface area (Å²) in [5, 5.41) is 11.9. The van der Waals surface area contributed by atoms with E-state index in [1.807, 2.05) is 6.08 Å². The molecule has 6 heteroatoms. The van der Waals surface area contributed by atoms with Crippen LogP contribution in [0.25, 0.3) is 0 Å². The van der Waals surface area contributed by atoms with Gasteiger partial charge in [-0.1, -0.05) is 6.08 Å². The highest BCUT2D eigenvalue weighted by Gasteiger charge is 2.29. The molecule has 0 aromatic heterocycles. The summed E-state index contributed by atoms with van der Waals surface area (Å²) in [5.74, 6) is -0.0894. The summed E-state index contributed by atoms with van der Waals surface area (Å²) in [7, 11) is 3.46. The molecule has 2 fully saturated rings. The Balaban J connectivity index is 1.74. The number of hydrogen-bond acceptors (Lipinski definition) is 4. The number of aliphatic carboxylic acids is 1. The fraction of sp³-hybridized carbons (Fsp3) is 0.800. The van der Waals surface area contributed by atoms with E-state index in [4.69, 9.17) is 14.6 Å². The standard InChI is InChI=1S/C20H33NO5/c1-25-17-9-10-18(26-2)15(13-17)6-11-19(22)21-16-7-3-14(4-8-16)5-12-20(23)24/h6,11,14-18H,3-5,7-10,12-13H2,1-2H3,(H,21,22)(H,23,24)/b11-6+. The SMILES string of the molecule is COC1CCC(OC)C(/C=C/C(=O)NC2CCC(CCC(=O)O)CC2)C1. The number of carboxylic acid groups (broad SMARTS) is 1. The fourth-order valence-corrected chi connectivity index (χ4v) is 4.23. The minimum Gasteiger partial charge on any atom is -0.481 e. The van der Waals surface area contributed by atoms with Gasteiger partial charge in [-0.25, -0.2) is 0 Å². The molecule has 2 N–H and O–H groups in total. The zero-order valence-corrected chi connectivity index (χ0v) is 16.0. The van der Waals surface area contributed by atoms with Crippen LogP contribution in [0.3, 0.4) is 0 Å². The largest absolute Gasteiger partial charge is 0.481 e. The number of amides is 1. The second kappa shape index (κ2) is 10.7. The fourth-order valence-electron chi connectivity index (χ4n) is 4.23. The lowest BCUT2D eigenvalue weighted by Crippen LogP contribution is -2.37. The number of nitrogens with one attached hydrogen (secondary N) is 1. The van der Waals surface area contributed by atoms with E-state index in [1.54, 1.807) is 20.3 Å². The first-order valence-electron chi connectivity index (χ1n) is 9.77. The van der Waals surface area contributed by atoms with E-state index in [2.05, 4.69) is 5.32 Å². The molecule has 2 aliphatic carbocycles. The quantitative estimate of drug-likeness (QED) is 0.644. The maximum absolute atomic E-state index is 12.2. The first-order chi connectivity index (χ1) is 12.5. The topological polar surface area (TPSA) is 84.9 Å². The predicted octanol–water partition coefficient (Wildman–Crippen LogP) is 2.91. The van der Waals surface area contributed by atoms with Crippen LogP contribution in [0.15, 0.2) is 12.2 Å². The zero-order valence-electron chi connectivity index (χ0n) is 16.0. The van der Waals surface area contributed by atoms with E-state index in [-0.39, 0.29) is 36.5 Å². The molecule has 3 atom stereocenters. The summed E-state index contributed by atoms with van der Waals surface area (Å²) in [6.07, 6.45) is 11.7. The van der Waals surface area contributed by atoms with Gasteiger partial charge in [0.25, 0.3) is 0 Å². The Morgan fingerprint density at radius 3 is 2.42 bits per heavy atom. The van der Waals surface area contributed by atoms with Crippen molar-refractivity contribution in [1.29, 1.82) is 0 Å². The number of ether oxygens (including phenoxy) is 2. The van der Waals surface area contributed by atoms with E-state index < -0.39 is 5.97 Å². The zero-order chi connectivity index (χ0) is 18.9. The van der Waals surface area contributed by atoms with Crippen LogP contribution in [0.1, 0.15) is 57.8 Å². The predicted molar refractivity (Wildman–Crippen MR) is 98.8 cm³/mol. The summed E-state index contributed by atoms with van der Waals surface area (Å²) in [4.78, 5) is 22.9. The molecule has 0 radical (unpaired) electrons. The second-order valence-electron chi connectivity index (χ2n) is 7.63. The number of carbonyl (C=O) groups is 2. The van der Waals surface area contributed by atoms with Crippen molar-refractivity contribution in [2.75, 3.05) is 14.2 Å². The Morgan fingerprint density at radius 2 is 1.81 bits per heavy atom. The third kappa shape index (κ3) is 6.72. The first kappa shape index (κ1) is 20.9. The molecule has 0 saturated heterocycles. The molecule has 6 nitrogen and oxygen atoms in total. The Labute approximate surface area is 156 Å². The van der Waals surface area contributed by atoms with Crippen molar-refractivity contribution in [3.8, 4) is 0 Å². The van der Waals surface area contributed by atoms with Crippen LogP contribution in [-0.4, -0.2) is 49.5 Å². The molecule has 2 saturated carbocycles. The van der Waals surface area contributed by atoms with Crippen LogP contribution < -0.4 is 5.32 Å². The van der Waals surface area contributed by atoms with Gasteiger partial charge in [0.15, 0.2) is 0 Å². The van der Waals surface area contributed by atoms with Crippen LogP contribution in [0.4, 0.5) is 0 Å². The monoisotopic (exact) mass is 367 g/mol. The molecular formula is C20H33NO5. The molecule has 0 spiro atoms. The van der Waals surface area contributed by atoms with Crippen LogP contribution >= 0.6 is 0 Å². The summed E-state index contributed by atoms with van der Waals surface area (Å²) >= 11 is 0. The average Bonchev–Trinajstić information content (AvgIpc) is 2.65. The molecule has 0 bridgehead atoms. The van der Waals surface area contributed by atoms with E-state index in [9.17, 15) is 9.59 Å². The smallest absolute Gasteiger partial charge is 0.303 e. The molecule has 0 aromatic rings. The number of carboxylic acids is 1. The highest BCUT2D eigenvalue weighted by Crippen LogP contribution is 2.30. The molecule has 0 heterocycles. The highest BCUT2D eigenvalue weighted by molar-refractivity contribution is 5.87. The summed E-state index contributed by atoms with van der Waals surface area (Å²) in [6.45, 7) is 0. The number of carbonyl (C=O) groups excluding carboxylic acids is 1. The van der Waals surface area contributed by atoms with Crippen molar-refractivity contribution in [3.63, 3.8) is 0 Å². The summed E-state index contributed by atoms with van der Waals surface area (Å²) in [5.41, 5.74) is 0. The van der Waals surface area contributed by atoms with Crippen molar-refractivity contribution in [1.82, 2.24) is 5.32 Å². The third-order valence-electron chi connectivity index (χ3n) is 5.88. The van der Waals surface area contributed by atoms with Gasteiger partial charge in [0.05, 0.1) is 12.2 Å². The normalized spacial score (nSPS) is 32.5. The van der Waals surface area contributed by atoms with Crippen molar-refractivity contribution < 1.29 is 24.2 Å². The molecule has 1 amide bonds. The molecule has 3 unspecified atom stereocenters. The first-order valence-corrected chi connectivity index (χ1v) is 9.77. The van der Waals surface area contributed by atoms with Crippen LogP contribution in [0.5, 0.6) is 0 Å². The maximum Gasteiger partial charge on any atom is 0.303 e. The average molecular weight is 367 g/mol. The van der Waals surface area contributed by atoms with Gasteiger partial charge in [0, 0.05) is 32.6 Å². The maximum atomic E-state index is 12.2. The lowest BCUT2D eigenvalue weighted by Gasteiger charge is -2.33. The molecule has 148 valence electrons. The van der Waals surface area contributed by atoms with E-state index in [1.165, 1.54) is 0 Å². The van der Waals surface area contributed by atoms with Gasteiger partial charge in [0.1, 0.15) is 0 Å². The molecule has 0 aliphatic heterocycles. The molecule has 2 aliphatic rings. The lowest BCUT2D eigenvalue weighted by molar-refractivity contribution is -0.137. The molecular weight excluding hydrogens is 334 g/mol.